The summed E-state index contributed by atoms with van der Waals surface area (Å²) in [6.45, 7) is 4.54. The Morgan fingerprint density at radius 3 is 2.32 bits per heavy atom. The van der Waals surface area contributed by atoms with Crippen LogP contribution >= 0.6 is 15.9 Å². The molecular formula is C17H21BrO. The van der Waals surface area contributed by atoms with Gasteiger partial charge in [-0.1, -0.05) is 60.1 Å². The van der Waals surface area contributed by atoms with Crippen LogP contribution in [0.5, 0.6) is 5.75 Å². The quantitative estimate of drug-likeness (QED) is 0.640. The molecule has 1 atom stereocenters. The van der Waals surface area contributed by atoms with Gasteiger partial charge in [-0.25, -0.2) is 0 Å². The molecule has 0 spiro atoms. The van der Waals surface area contributed by atoms with Crippen LogP contribution in [-0.2, 0) is 0 Å². The Hall–Kier alpha value is -1.02. The third-order valence-electron chi connectivity index (χ3n) is 3.47. The van der Waals surface area contributed by atoms with Gasteiger partial charge in [-0.05, 0) is 35.8 Å². The van der Waals surface area contributed by atoms with Gasteiger partial charge in [0.25, 0.3) is 0 Å². The summed E-state index contributed by atoms with van der Waals surface area (Å²) in [5, 5.41) is 2.48. The fourth-order valence-corrected chi connectivity index (χ4v) is 3.04. The maximum atomic E-state index is 5.45. The summed E-state index contributed by atoms with van der Waals surface area (Å²) < 4.78 is 5.45. The Kier molecular flexibility index (Phi) is 4.87. The molecule has 0 N–H and O–H groups in total. The minimum Gasteiger partial charge on any atom is -0.496 e. The maximum Gasteiger partial charge on any atom is 0.126 e. The molecule has 0 saturated carbocycles. The Balaban J connectivity index is 2.38. The second kappa shape index (κ2) is 6.42. The van der Waals surface area contributed by atoms with Crippen LogP contribution in [0.3, 0.4) is 0 Å². The summed E-state index contributed by atoms with van der Waals surface area (Å²) >= 11 is 3.84. The predicted molar refractivity (Wildman–Crippen MR) is 86.2 cm³/mol. The molecule has 102 valence electrons. The highest BCUT2D eigenvalue weighted by atomic mass is 79.9. The number of fused-ring (bicyclic) bond motifs is 1. The van der Waals surface area contributed by atoms with Crippen LogP contribution < -0.4 is 4.74 Å². The van der Waals surface area contributed by atoms with Crippen molar-refractivity contribution in [3.63, 3.8) is 0 Å². The van der Waals surface area contributed by atoms with Crippen molar-refractivity contribution in [2.24, 2.45) is 5.92 Å². The zero-order chi connectivity index (χ0) is 13.8. The van der Waals surface area contributed by atoms with Crippen LogP contribution in [0.4, 0.5) is 0 Å². The van der Waals surface area contributed by atoms with Gasteiger partial charge >= 0.3 is 0 Å². The van der Waals surface area contributed by atoms with E-state index in [2.05, 4.69) is 66.2 Å². The molecule has 0 amide bonds. The van der Waals surface area contributed by atoms with E-state index in [0.29, 0.717) is 4.83 Å². The number of methoxy groups -OCH3 is 1. The first kappa shape index (κ1) is 14.4. The van der Waals surface area contributed by atoms with Crippen LogP contribution in [0.1, 0.15) is 37.1 Å². The summed E-state index contributed by atoms with van der Waals surface area (Å²) in [4.78, 5) is 0.408. The molecule has 0 aromatic heterocycles. The highest BCUT2D eigenvalue weighted by molar-refractivity contribution is 9.09. The molecule has 0 fully saturated rings. The topological polar surface area (TPSA) is 9.23 Å². The Labute approximate surface area is 124 Å². The van der Waals surface area contributed by atoms with E-state index in [9.17, 15) is 0 Å². The molecule has 19 heavy (non-hydrogen) atoms. The maximum absolute atomic E-state index is 5.45. The van der Waals surface area contributed by atoms with Gasteiger partial charge in [0.2, 0.25) is 0 Å². The standard InChI is InChI=1S/C17H21BrO/c1-12(2)8-10-16(18)14-9-11-17(19-3)15-7-5-4-6-13(14)15/h4-7,9,11-12,16H,8,10H2,1-3H3. The Bertz CT molecular complexity index is 548. The van der Waals surface area contributed by atoms with Gasteiger partial charge in [-0.3, -0.25) is 0 Å². The Morgan fingerprint density at radius 1 is 1.00 bits per heavy atom. The zero-order valence-electron chi connectivity index (χ0n) is 11.8. The molecule has 2 aromatic rings. The smallest absolute Gasteiger partial charge is 0.126 e. The minimum absolute atomic E-state index is 0.408. The third-order valence-corrected chi connectivity index (χ3v) is 4.42. The van der Waals surface area contributed by atoms with Crippen molar-refractivity contribution in [2.45, 2.75) is 31.5 Å². The van der Waals surface area contributed by atoms with E-state index in [1.165, 1.54) is 22.8 Å². The van der Waals surface area contributed by atoms with Gasteiger partial charge < -0.3 is 4.74 Å². The average molecular weight is 321 g/mol. The van der Waals surface area contributed by atoms with Gasteiger partial charge in [0, 0.05) is 10.2 Å². The lowest BCUT2D eigenvalue weighted by Crippen LogP contribution is -1.96. The van der Waals surface area contributed by atoms with Gasteiger partial charge in [-0.15, -0.1) is 0 Å². The van der Waals surface area contributed by atoms with Crippen molar-refractivity contribution in [1.82, 2.24) is 0 Å². The summed E-state index contributed by atoms with van der Waals surface area (Å²) in [6, 6.07) is 12.7. The fraction of sp³-hybridized carbons (Fsp3) is 0.412. The molecule has 0 heterocycles. The van der Waals surface area contributed by atoms with Crippen molar-refractivity contribution in [2.75, 3.05) is 7.11 Å². The number of alkyl halides is 1. The van der Waals surface area contributed by atoms with Crippen LogP contribution in [0.25, 0.3) is 10.8 Å². The van der Waals surface area contributed by atoms with Crippen molar-refractivity contribution in [3.05, 3.63) is 42.0 Å². The van der Waals surface area contributed by atoms with E-state index in [1.807, 2.05) is 0 Å². The van der Waals surface area contributed by atoms with Crippen molar-refractivity contribution in [1.29, 1.82) is 0 Å². The highest BCUT2D eigenvalue weighted by Crippen LogP contribution is 2.37. The van der Waals surface area contributed by atoms with E-state index in [-0.39, 0.29) is 0 Å². The molecule has 2 rings (SSSR count). The molecular weight excluding hydrogens is 300 g/mol. The van der Waals surface area contributed by atoms with E-state index in [1.54, 1.807) is 7.11 Å². The number of hydrogen-bond donors (Lipinski definition) is 0. The average Bonchev–Trinajstić information content (AvgIpc) is 2.43. The molecule has 0 aliphatic carbocycles. The lowest BCUT2D eigenvalue weighted by Gasteiger charge is -2.16. The predicted octanol–water partition coefficient (Wildman–Crippen LogP) is 5.72. The first-order chi connectivity index (χ1) is 9.13. The molecule has 1 unspecified atom stereocenters. The lowest BCUT2D eigenvalue weighted by atomic mass is 9.97. The zero-order valence-corrected chi connectivity index (χ0v) is 13.4. The third kappa shape index (κ3) is 3.30. The van der Waals surface area contributed by atoms with E-state index in [4.69, 9.17) is 4.74 Å². The van der Waals surface area contributed by atoms with Gasteiger partial charge in [0.05, 0.1) is 7.11 Å². The number of rotatable bonds is 5. The van der Waals surface area contributed by atoms with Gasteiger partial charge in [-0.2, -0.15) is 0 Å². The second-order valence-corrected chi connectivity index (χ2v) is 6.45. The normalized spacial score (nSPS) is 12.9. The number of halogens is 1. The van der Waals surface area contributed by atoms with Crippen LogP contribution in [0.2, 0.25) is 0 Å². The SMILES string of the molecule is COc1ccc(C(Br)CCC(C)C)c2ccccc12. The summed E-state index contributed by atoms with van der Waals surface area (Å²) in [5.74, 6) is 1.69. The van der Waals surface area contributed by atoms with Crippen molar-refractivity contribution >= 4 is 26.7 Å². The first-order valence-electron chi connectivity index (χ1n) is 6.83. The van der Waals surface area contributed by atoms with Gasteiger partial charge in [0.1, 0.15) is 5.75 Å². The van der Waals surface area contributed by atoms with E-state index in [0.717, 1.165) is 18.1 Å². The molecule has 0 aliphatic heterocycles. The summed E-state index contributed by atoms with van der Waals surface area (Å²) in [5.41, 5.74) is 1.36. The van der Waals surface area contributed by atoms with Crippen LogP contribution in [0.15, 0.2) is 36.4 Å². The fourth-order valence-electron chi connectivity index (χ4n) is 2.38. The largest absolute Gasteiger partial charge is 0.496 e. The molecule has 1 nitrogen and oxygen atoms in total. The Morgan fingerprint density at radius 2 is 1.68 bits per heavy atom. The minimum atomic E-state index is 0.408. The van der Waals surface area contributed by atoms with Crippen molar-refractivity contribution in [3.8, 4) is 5.75 Å². The number of ether oxygens (including phenoxy) is 1. The van der Waals surface area contributed by atoms with E-state index < -0.39 is 0 Å². The molecule has 0 saturated heterocycles. The highest BCUT2D eigenvalue weighted by Gasteiger charge is 2.13. The number of benzene rings is 2. The molecule has 0 radical (unpaired) electrons. The second-order valence-electron chi connectivity index (χ2n) is 5.34. The molecule has 0 bridgehead atoms. The summed E-state index contributed by atoms with van der Waals surface area (Å²) in [6.07, 6.45) is 2.39. The summed E-state index contributed by atoms with van der Waals surface area (Å²) in [7, 11) is 1.73. The van der Waals surface area contributed by atoms with Crippen molar-refractivity contribution < 1.29 is 4.74 Å². The number of hydrogen-bond acceptors (Lipinski definition) is 1. The molecule has 0 aliphatic rings. The van der Waals surface area contributed by atoms with Crippen LogP contribution in [0, 0.1) is 5.92 Å². The van der Waals surface area contributed by atoms with Crippen LogP contribution in [-0.4, -0.2) is 7.11 Å². The first-order valence-corrected chi connectivity index (χ1v) is 7.74. The lowest BCUT2D eigenvalue weighted by molar-refractivity contribution is 0.419. The molecule has 2 aromatic carbocycles. The molecule has 2 heteroatoms. The monoisotopic (exact) mass is 320 g/mol. The van der Waals surface area contributed by atoms with E-state index >= 15 is 0 Å². The van der Waals surface area contributed by atoms with Gasteiger partial charge in [0.15, 0.2) is 0 Å².